The van der Waals surface area contributed by atoms with Crippen LogP contribution < -0.4 is 0 Å². The van der Waals surface area contributed by atoms with Crippen molar-refractivity contribution in [3.8, 4) is 17.9 Å². The Morgan fingerprint density at radius 2 is 1.83 bits per heavy atom. The molecule has 0 bridgehead atoms. The van der Waals surface area contributed by atoms with Crippen LogP contribution in [0.1, 0.15) is 11.1 Å². The van der Waals surface area contributed by atoms with Crippen molar-refractivity contribution in [2.45, 2.75) is 6.18 Å². The Hall–Kier alpha value is -1.99. The van der Waals surface area contributed by atoms with Gasteiger partial charge >= 0.3 is 6.18 Å². The van der Waals surface area contributed by atoms with Crippen LogP contribution in [0.15, 0.2) is 22.2 Å². The van der Waals surface area contributed by atoms with E-state index in [1.54, 1.807) is 0 Å². The molecule has 0 saturated carbocycles. The smallest absolute Gasteiger partial charge is 0.416 e. The molecule has 0 amide bonds. The zero-order valence-corrected chi connectivity index (χ0v) is 10.2. The van der Waals surface area contributed by atoms with Crippen molar-refractivity contribution in [2.24, 2.45) is 0 Å². The summed E-state index contributed by atoms with van der Waals surface area (Å²) in [6, 6.07) is 4.37. The Kier molecular flexibility index (Phi) is 4.00. The van der Waals surface area contributed by atoms with E-state index in [-0.39, 0.29) is 10.0 Å². The van der Waals surface area contributed by atoms with Gasteiger partial charge in [-0.1, -0.05) is 0 Å². The van der Waals surface area contributed by atoms with Gasteiger partial charge in [0, 0.05) is 5.56 Å². The highest BCUT2D eigenvalue weighted by atomic mass is 79.9. The average Bonchev–Trinajstić information content (AvgIpc) is 2.29. The Labute approximate surface area is 109 Å². The molecule has 1 N–H and O–H groups in total. The number of nitrogens with zero attached hydrogens (tertiary/aromatic N) is 2. The van der Waals surface area contributed by atoms with Crippen LogP contribution in [-0.2, 0) is 6.18 Å². The zero-order valence-electron chi connectivity index (χ0n) is 8.59. The summed E-state index contributed by atoms with van der Waals surface area (Å²) in [5, 5.41) is 26.6. The van der Waals surface area contributed by atoms with Crippen LogP contribution in [0.3, 0.4) is 0 Å². The molecule has 7 heteroatoms. The molecule has 3 nitrogen and oxygen atoms in total. The number of hydrogen-bond donors (Lipinski definition) is 1. The Morgan fingerprint density at radius 3 is 2.28 bits per heavy atom. The summed E-state index contributed by atoms with van der Waals surface area (Å²) in [6.45, 7) is 0. The molecule has 0 fully saturated rings. The molecule has 0 aliphatic carbocycles. The second-order valence-electron chi connectivity index (χ2n) is 3.18. The molecule has 1 aromatic carbocycles. The topological polar surface area (TPSA) is 67.8 Å². The first-order chi connectivity index (χ1) is 8.29. The van der Waals surface area contributed by atoms with E-state index in [4.69, 9.17) is 10.5 Å². The molecule has 0 radical (unpaired) electrons. The number of phenolic OH excluding ortho intramolecular Hbond substituents is 1. The minimum Gasteiger partial charge on any atom is -0.506 e. The average molecular weight is 317 g/mol. The number of phenols is 1. The molecule has 0 unspecified atom stereocenters. The summed E-state index contributed by atoms with van der Waals surface area (Å²) in [7, 11) is 0. The van der Waals surface area contributed by atoms with Gasteiger partial charge in [-0.25, -0.2) is 0 Å². The Bertz CT molecular complexity index is 578. The van der Waals surface area contributed by atoms with Crippen LogP contribution in [0.4, 0.5) is 13.2 Å². The first-order valence-electron chi connectivity index (χ1n) is 4.41. The lowest BCUT2D eigenvalue weighted by molar-refractivity contribution is -0.137. The number of rotatable bonds is 1. The van der Waals surface area contributed by atoms with E-state index < -0.39 is 23.1 Å². The SMILES string of the molecule is N#CC(C#N)=Cc1cc(C(F)(F)F)cc(Br)c1O. The summed E-state index contributed by atoms with van der Waals surface area (Å²) >= 11 is 2.78. The van der Waals surface area contributed by atoms with Gasteiger partial charge in [-0.2, -0.15) is 23.7 Å². The van der Waals surface area contributed by atoms with E-state index in [2.05, 4.69) is 15.9 Å². The van der Waals surface area contributed by atoms with Crippen LogP contribution in [0, 0.1) is 22.7 Å². The van der Waals surface area contributed by atoms with Gasteiger partial charge < -0.3 is 5.11 Å². The molecule has 0 aliphatic rings. The lowest BCUT2D eigenvalue weighted by Gasteiger charge is -2.10. The van der Waals surface area contributed by atoms with Crippen LogP contribution in [0.5, 0.6) is 5.75 Å². The summed E-state index contributed by atoms with van der Waals surface area (Å²) in [5.41, 5.74) is -1.65. The second-order valence-corrected chi connectivity index (χ2v) is 4.03. The monoisotopic (exact) mass is 316 g/mol. The molecule has 1 rings (SSSR count). The molecule has 0 aliphatic heterocycles. The molecule has 0 saturated heterocycles. The van der Waals surface area contributed by atoms with Crippen LogP contribution in [-0.4, -0.2) is 5.11 Å². The zero-order chi connectivity index (χ0) is 13.9. The highest BCUT2D eigenvalue weighted by molar-refractivity contribution is 9.10. The fraction of sp³-hybridized carbons (Fsp3) is 0.0909. The summed E-state index contributed by atoms with van der Waals surface area (Å²) in [4.78, 5) is 0. The highest BCUT2D eigenvalue weighted by Gasteiger charge is 2.31. The molecule has 1 aromatic rings. The van der Waals surface area contributed by atoms with Crippen molar-refractivity contribution >= 4 is 22.0 Å². The van der Waals surface area contributed by atoms with Gasteiger partial charge in [0.2, 0.25) is 0 Å². The lowest BCUT2D eigenvalue weighted by Crippen LogP contribution is -2.05. The number of benzene rings is 1. The van der Waals surface area contributed by atoms with Crippen molar-refractivity contribution in [1.82, 2.24) is 0 Å². The van der Waals surface area contributed by atoms with Crippen LogP contribution in [0.2, 0.25) is 0 Å². The number of nitriles is 2. The summed E-state index contributed by atoms with van der Waals surface area (Å²) < 4.78 is 37.4. The van der Waals surface area contributed by atoms with Gasteiger partial charge in [-0.15, -0.1) is 0 Å². The van der Waals surface area contributed by atoms with E-state index in [0.29, 0.717) is 12.1 Å². The largest absolute Gasteiger partial charge is 0.506 e. The highest BCUT2D eigenvalue weighted by Crippen LogP contribution is 2.37. The van der Waals surface area contributed by atoms with Gasteiger partial charge in [-0.3, -0.25) is 0 Å². The second kappa shape index (κ2) is 5.11. The maximum atomic E-state index is 12.5. The fourth-order valence-corrected chi connectivity index (χ4v) is 1.61. The van der Waals surface area contributed by atoms with Gasteiger partial charge in [0.15, 0.2) is 0 Å². The van der Waals surface area contributed by atoms with Gasteiger partial charge in [0.05, 0.1) is 10.0 Å². The molecule has 18 heavy (non-hydrogen) atoms. The number of hydrogen-bond acceptors (Lipinski definition) is 3. The van der Waals surface area contributed by atoms with E-state index >= 15 is 0 Å². The molecule has 0 spiro atoms. The molecular formula is C11H4BrF3N2O. The molecule has 0 atom stereocenters. The predicted octanol–water partition coefficient (Wildman–Crippen LogP) is 3.60. The maximum absolute atomic E-state index is 12.5. The first kappa shape index (κ1) is 14.1. The minimum atomic E-state index is -4.59. The lowest BCUT2D eigenvalue weighted by atomic mass is 10.1. The van der Waals surface area contributed by atoms with Crippen molar-refractivity contribution in [1.29, 1.82) is 10.5 Å². The number of halogens is 4. The fourth-order valence-electron chi connectivity index (χ4n) is 1.14. The van der Waals surface area contributed by atoms with Gasteiger partial charge in [0.1, 0.15) is 23.5 Å². The number of allylic oxidation sites excluding steroid dienone is 1. The molecule has 92 valence electrons. The summed E-state index contributed by atoms with van der Waals surface area (Å²) in [5.74, 6) is -0.467. The quantitative estimate of drug-likeness (QED) is 0.805. The number of alkyl halides is 3. The molecule has 0 heterocycles. The van der Waals surface area contributed by atoms with Gasteiger partial charge in [0.25, 0.3) is 0 Å². The normalized spacial score (nSPS) is 10.3. The Morgan fingerprint density at radius 1 is 1.28 bits per heavy atom. The van der Waals surface area contributed by atoms with Crippen molar-refractivity contribution in [3.05, 3.63) is 33.3 Å². The first-order valence-corrected chi connectivity index (χ1v) is 5.20. The minimum absolute atomic E-state index is 0.168. The van der Waals surface area contributed by atoms with Crippen LogP contribution in [0.25, 0.3) is 6.08 Å². The third kappa shape index (κ3) is 3.02. The third-order valence-corrected chi connectivity index (χ3v) is 2.57. The third-order valence-electron chi connectivity index (χ3n) is 1.96. The maximum Gasteiger partial charge on any atom is 0.416 e. The Balaban J connectivity index is 3.47. The van der Waals surface area contributed by atoms with E-state index in [1.165, 1.54) is 12.1 Å². The van der Waals surface area contributed by atoms with Crippen LogP contribution >= 0.6 is 15.9 Å². The standard InChI is InChI=1S/C11H4BrF3N2O/c12-9-3-8(11(13,14)15)2-7(10(9)18)1-6(4-16)5-17/h1-3,18H. The molecule has 0 aromatic heterocycles. The molecular weight excluding hydrogens is 313 g/mol. The van der Waals surface area contributed by atoms with E-state index in [9.17, 15) is 18.3 Å². The van der Waals surface area contributed by atoms with Gasteiger partial charge in [-0.05, 0) is 34.1 Å². The predicted molar refractivity (Wildman–Crippen MR) is 60.0 cm³/mol. The van der Waals surface area contributed by atoms with E-state index in [1.807, 2.05) is 0 Å². The van der Waals surface area contributed by atoms with Crippen molar-refractivity contribution in [3.63, 3.8) is 0 Å². The van der Waals surface area contributed by atoms with Crippen molar-refractivity contribution < 1.29 is 18.3 Å². The summed E-state index contributed by atoms with van der Waals surface area (Å²) in [6.07, 6.45) is -3.70. The number of aromatic hydroxyl groups is 1. The van der Waals surface area contributed by atoms with E-state index in [0.717, 1.165) is 6.08 Å². The van der Waals surface area contributed by atoms with Crippen molar-refractivity contribution in [2.75, 3.05) is 0 Å².